The van der Waals surface area contributed by atoms with E-state index in [9.17, 15) is 0 Å². The molecule has 0 radical (unpaired) electrons. The second-order valence-electron chi connectivity index (χ2n) is 19.4. The van der Waals surface area contributed by atoms with E-state index in [1.165, 1.54) is 111 Å². The molecule has 0 aromatic heterocycles. The number of hydrogen-bond donors (Lipinski definition) is 0. The van der Waals surface area contributed by atoms with Crippen LogP contribution in [-0.4, -0.2) is 0 Å². The van der Waals surface area contributed by atoms with E-state index in [0.717, 1.165) is 23.4 Å². The van der Waals surface area contributed by atoms with E-state index in [2.05, 4.69) is 196 Å². The molecule has 7 aromatic rings. The first-order valence-corrected chi connectivity index (χ1v) is 22.3. The van der Waals surface area contributed by atoms with Crippen molar-refractivity contribution in [2.75, 3.05) is 4.90 Å². The Morgan fingerprint density at radius 3 is 1.56 bits per heavy atom. The molecule has 0 unspecified atom stereocenters. The Balaban J connectivity index is 0.921. The minimum atomic E-state index is -0.0852. The fraction of sp³-hybridized carbons (Fsp3) is 0.276. The number of rotatable bonds is 8. The molecule has 0 heterocycles. The maximum absolute atomic E-state index is 2.49. The minimum Gasteiger partial charge on any atom is -0.310 e. The molecular weight excluding hydrogens is 711 g/mol. The summed E-state index contributed by atoms with van der Waals surface area (Å²) < 4.78 is 0. The van der Waals surface area contributed by atoms with Crippen LogP contribution in [0.3, 0.4) is 0 Å². The first-order valence-electron chi connectivity index (χ1n) is 22.3. The van der Waals surface area contributed by atoms with Crippen molar-refractivity contribution in [1.29, 1.82) is 0 Å². The third-order valence-electron chi connectivity index (χ3n) is 15.0. The molecule has 5 aliphatic rings. The molecule has 4 saturated carbocycles. The Labute approximate surface area is 351 Å². The van der Waals surface area contributed by atoms with E-state index in [-0.39, 0.29) is 5.41 Å². The van der Waals surface area contributed by atoms with Gasteiger partial charge in [0.05, 0.1) is 0 Å². The van der Waals surface area contributed by atoms with Gasteiger partial charge in [-0.25, -0.2) is 0 Å². The number of anilines is 3. The summed E-state index contributed by atoms with van der Waals surface area (Å²) >= 11 is 0. The van der Waals surface area contributed by atoms with Gasteiger partial charge in [-0.1, -0.05) is 155 Å². The maximum atomic E-state index is 2.49. The summed E-state index contributed by atoms with van der Waals surface area (Å²) in [5.74, 6) is 3.25. The highest BCUT2D eigenvalue weighted by Gasteiger charge is 2.51. The van der Waals surface area contributed by atoms with Crippen LogP contribution in [0.1, 0.15) is 94.4 Å². The summed E-state index contributed by atoms with van der Waals surface area (Å²) in [5, 5.41) is 0. The predicted molar refractivity (Wildman–Crippen MR) is 249 cm³/mol. The van der Waals surface area contributed by atoms with Gasteiger partial charge in [0.15, 0.2) is 0 Å². The van der Waals surface area contributed by atoms with Crippen LogP contribution in [0.2, 0.25) is 0 Å². The van der Waals surface area contributed by atoms with Gasteiger partial charge in [-0.3, -0.25) is 0 Å². The molecule has 1 heteroatoms. The van der Waals surface area contributed by atoms with Gasteiger partial charge in [-0.15, -0.1) is 0 Å². The Kier molecular flexibility index (Phi) is 8.63. The molecule has 1 nitrogen and oxygen atoms in total. The van der Waals surface area contributed by atoms with Gasteiger partial charge < -0.3 is 4.90 Å². The lowest BCUT2D eigenvalue weighted by molar-refractivity contribution is -0.00518. The minimum absolute atomic E-state index is 0.0852. The summed E-state index contributed by atoms with van der Waals surface area (Å²) in [6, 6.07) is 62.1. The molecule has 4 fully saturated rings. The van der Waals surface area contributed by atoms with Crippen LogP contribution in [0.15, 0.2) is 164 Å². The molecule has 0 N–H and O–H groups in total. The third-order valence-corrected chi connectivity index (χ3v) is 15.0. The van der Waals surface area contributed by atoms with Crippen molar-refractivity contribution in [2.45, 2.75) is 83.0 Å². The van der Waals surface area contributed by atoms with E-state index in [4.69, 9.17) is 0 Å². The van der Waals surface area contributed by atoms with Crippen LogP contribution < -0.4 is 4.90 Å². The molecule has 292 valence electrons. The quantitative estimate of drug-likeness (QED) is 0.149. The second kappa shape index (κ2) is 14.0. The highest BCUT2D eigenvalue weighted by atomic mass is 15.1. The zero-order chi connectivity index (χ0) is 39.9. The monoisotopic (exact) mass is 765 g/mol. The van der Waals surface area contributed by atoms with Crippen LogP contribution in [0.5, 0.6) is 0 Å². The fourth-order valence-electron chi connectivity index (χ4n) is 12.4. The summed E-state index contributed by atoms with van der Waals surface area (Å²) in [5.41, 5.74) is 19.9. The first-order chi connectivity index (χ1) is 28.7. The normalized spacial score (nSPS) is 22.0. The Hall–Kier alpha value is -5.66. The van der Waals surface area contributed by atoms with Gasteiger partial charge in [0.1, 0.15) is 0 Å². The summed E-state index contributed by atoms with van der Waals surface area (Å²) in [4.78, 5) is 2.49. The van der Waals surface area contributed by atoms with E-state index in [1.54, 1.807) is 5.56 Å². The molecule has 0 aliphatic heterocycles. The molecule has 0 amide bonds. The molecular formula is C58H55N. The molecule has 7 aromatic carbocycles. The first kappa shape index (κ1) is 36.4. The molecule has 59 heavy (non-hydrogen) atoms. The highest BCUT2D eigenvalue weighted by molar-refractivity contribution is 5.87. The van der Waals surface area contributed by atoms with E-state index in [1.807, 2.05) is 0 Å². The SMILES string of the molecule is CC(C)c1cc(-c2ccccc2)ccc1N(c1ccc(-c2ccc(-c3ccc(C45CC6CC(CC(C6)C4)C5)cc3)cc2)cc1)c1ccc2c(c1)C(C)(C)c1ccccc1-2. The topological polar surface area (TPSA) is 3.24 Å². The predicted octanol–water partition coefficient (Wildman–Crippen LogP) is 16.1. The lowest BCUT2D eigenvalue weighted by Gasteiger charge is -2.57. The van der Waals surface area contributed by atoms with Crippen molar-refractivity contribution in [3.8, 4) is 44.5 Å². The fourth-order valence-corrected chi connectivity index (χ4v) is 12.4. The summed E-state index contributed by atoms with van der Waals surface area (Å²) in [7, 11) is 0. The molecule has 0 spiro atoms. The Morgan fingerprint density at radius 1 is 0.458 bits per heavy atom. The highest BCUT2D eigenvalue weighted by Crippen LogP contribution is 2.61. The Bertz CT molecular complexity index is 2630. The van der Waals surface area contributed by atoms with Gasteiger partial charge in [0.2, 0.25) is 0 Å². The molecule has 12 rings (SSSR count). The number of benzene rings is 7. The smallest absolute Gasteiger partial charge is 0.0496 e. The molecule has 0 saturated heterocycles. The van der Waals surface area contributed by atoms with E-state index < -0.39 is 0 Å². The number of nitrogens with zero attached hydrogens (tertiary/aromatic N) is 1. The molecule has 0 atom stereocenters. The van der Waals surface area contributed by atoms with Crippen molar-refractivity contribution < 1.29 is 0 Å². The van der Waals surface area contributed by atoms with Crippen LogP contribution in [0, 0.1) is 17.8 Å². The van der Waals surface area contributed by atoms with Crippen molar-refractivity contribution >= 4 is 17.1 Å². The third kappa shape index (κ3) is 6.19. The molecule has 5 aliphatic carbocycles. The number of hydrogen-bond acceptors (Lipinski definition) is 1. The van der Waals surface area contributed by atoms with Crippen LogP contribution in [-0.2, 0) is 10.8 Å². The van der Waals surface area contributed by atoms with Gasteiger partial charge >= 0.3 is 0 Å². The largest absolute Gasteiger partial charge is 0.310 e. The lowest BCUT2D eigenvalue weighted by Crippen LogP contribution is -2.48. The van der Waals surface area contributed by atoms with Crippen molar-refractivity contribution in [2.24, 2.45) is 17.8 Å². The van der Waals surface area contributed by atoms with Gasteiger partial charge in [0, 0.05) is 22.5 Å². The second-order valence-corrected chi connectivity index (χ2v) is 19.4. The van der Waals surface area contributed by atoms with Crippen molar-refractivity contribution in [3.05, 3.63) is 186 Å². The number of fused-ring (bicyclic) bond motifs is 3. The van der Waals surface area contributed by atoms with Crippen LogP contribution in [0.4, 0.5) is 17.1 Å². The van der Waals surface area contributed by atoms with Crippen LogP contribution in [0.25, 0.3) is 44.5 Å². The average molecular weight is 766 g/mol. The van der Waals surface area contributed by atoms with E-state index >= 15 is 0 Å². The van der Waals surface area contributed by atoms with Crippen LogP contribution >= 0.6 is 0 Å². The summed E-state index contributed by atoms with van der Waals surface area (Å²) in [6.07, 6.45) is 8.75. The van der Waals surface area contributed by atoms with E-state index in [0.29, 0.717) is 11.3 Å². The van der Waals surface area contributed by atoms with Crippen molar-refractivity contribution in [1.82, 2.24) is 0 Å². The lowest BCUT2D eigenvalue weighted by atomic mass is 9.48. The van der Waals surface area contributed by atoms with Gasteiger partial charge in [-0.2, -0.15) is 0 Å². The van der Waals surface area contributed by atoms with Crippen molar-refractivity contribution in [3.63, 3.8) is 0 Å². The van der Waals surface area contributed by atoms with Gasteiger partial charge in [0.25, 0.3) is 0 Å². The zero-order valence-corrected chi connectivity index (χ0v) is 35.1. The zero-order valence-electron chi connectivity index (χ0n) is 35.1. The maximum Gasteiger partial charge on any atom is 0.0496 e. The average Bonchev–Trinajstić information content (AvgIpc) is 3.49. The van der Waals surface area contributed by atoms with Gasteiger partial charge in [-0.05, 0) is 171 Å². The standard InChI is InChI=1S/C58H55N/c1-38(2)53-33-47(42-10-6-5-7-11-42)22-29-56(53)59(50-27-28-52-51-12-8-9-13-54(51)57(3,4)55(52)34-50)49-25-20-46(21-26-49)44-16-14-43(15-17-44)45-18-23-48(24-19-45)58-35-39-30-40(36-58)32-41(31-39)37-58/h5-29,33-34,38-41H,30-32,35-37H2,1-4H3. The summed E-state index contributed by atoms with van der Waals surface area (Å²) in [6.45, 7) is 9.38. The Morgan fingerprint density at radius 2 is 0.949 bits per heavy atom. The molecule has 4 bridgehead atoms.